The molecule has 8 atom stereocenters. The van der Waals surface area contributed by atoms with E-state index in [2.05, 4.69) is 6.58 Å². The van der Waals surface area contributed by atoms with E-state index in [0.29, 0.717) is 18.4 Å². The molecule has 1 aromatic carbocycles. The molecule has 13 nitrogen and oxygen atoms in total. The summed E-state index contributed by atoms with van der Waals surface area (Å²) >= 11 is 0. The first-order valence-electron chi connectivity index (χ1n) is 18.9. The minimum Gasteiger partial charge on any atom is -0.504 e. The SMILES string of the molecule is C=C(C)[C@@H](CC=C(C)C)C[C@@]12C[C@@H](CC=C(C)C)C(C)(C)[C@@](CC=C(C)C)(C(=O)C(C(=O)c3ccc(O)c(O)c3)=C1OC(=O)[C@H](O)[C@@H](O)[C@H](O)[C@H](O)C(=O)O)C2=O. The average Bonchev–Trinajstić information content (AvgIpc) is 3.12. The third-order valence-electron chi connectivity index (χ3n) is 11.7. The third kappa shape index (κ3) is 9.07. The van der Waals surface area contributed by atoms with Crippen LogP contribution in [0.2, 0.25) is 0 Å². The fourth-order valence-electron chi connectivity index (χ4n) is 8.04. The summed E-state index contributed by atoms with van der Waals surface area (Å²) in [6.45, 7) is 20.7. The number of phenols is 2. The summed E-state index contributed by atoms with van der Waals surface area (Å²) in [5.41, 5.74) is -2.78. The molecule has 13 heteroatoms. The minimum absolute atomic E-state index is 0.0652. The molecule has 7 N–H and O–H groups in total. The molecule has 312 valence electrons. The Morgan fingerprint density at radius 2 is 1.42 bits per heavy atom. The van der Waals surface area contributed by atoms with Gasteiger partial charge < -0.3 is 40.5 Å². The molecule has 57 heavy (non-hydrogen) atoms. The van der Waals surface area contributed by atoms with Gasteiger partial charge in [-0.3, -0.25) is 14.4 Å². The Labute approximate surface area is 333 Å². The molecule has 0 amide bonds. The van der Waals surface area contributed by atoms with Crippen LogP contribution in [-0.2, 0) is 23.9 Å². The number of carbonyl (C=O) groups excluding carboxylic acids is 4. The number of ether oxygens (including phenoxy) is 1. The van der Waals surface area contributed by atoms with Crippen LogP contribution >= 0.6 is 0 Å². The van der Waals surface area contributed by atoms with Crippen LogP contribution in [0.15, 0.2) is 76.6 Å². The summed E-state index contributed by atoms with van der Waals surface area (Å²) < 4.78 is 5.86. The molecule has 1 aromatic rings. The number of carboxylic acids is 1. The van der Waals surface area contributed by atoms with E-state index in [-0.39, 0.29) is 24.8 Å². The molecule has 0 unspecified atom stereocenters. The first kappa shape index (κ1) is 46.7. The number of esters is 1. The molecule has 0 radical (unpaired) electrons. The number of fused-ring (bicyclic) bond motifs is 2. The summed E-state index contributed by atoms with van der Waals surface area (Å²) in [5, 5.41) is 71.6. The highest BCUT2D eigenvalue weighted by Gasteiger charge is 2.73. The zero-order valence-electron chi connectivity index (χ0n) is 34.3. The van der Waals surface area contributed by atoms with Gasteiger partial charge >= 0.3 is 11.9 Å². The van der Waals surface area contributed by atoms with Crippen molar-refractivity contribution in [1.29, 1.82) is 0 Å². The van der Waals surface area contributed by atoms with Crippen LogP contribution in [0.5, 0.6) is 11.5 Å². The number of carbonyl (C=O) groups is 5. The lowest BCUT2D eigenvalue weighted by molar-refractivity contribution is -0.182. The maximum absolute atomic E-state index is 15.9. The number of Topliss-reactive ketones (excluding diaryl/α,β-unsaturated/α-hetero) is 3. The second-order valence-electron chi connectivity index (χ2n) is 16.9. The van der Waals surface area contributed by atoms with Gasteiger partial charge in [-0.1, -0.05) is 60.9 Å². The van der Waals surface area contributed by atoms with E-state index in [1.54, 1.807) is 40.7 Å². The molecule has 0 aromatic heterocycles. The van der Waals surface area contributed by atoms with Gasteiger partial charge in [0.1, 0.15) is 29.0 Å². The van der Waals surface area contributed by atoms with E-state index >= 15 is 9.59 Å². The highest BCUT2D eigenvalue weighted by atomic mass is 16.6. The third-order valence-corrected chi connectivity index (χ3v) is 11.7. The van der Waals surface area contributed by atoms with Gasteiger partial charge in [-0.2, -0.15) is 0 Å². The first-order valence-corrected chi connectivity index (χ1v) is 18.9. The van der Waals surface area contributed by atoms with Crippen molar-refractivity contribution in [3.8, 4) is 11.5 Å². The zero-order valence-corrected chi connectivity index (χ0v) is 34.3. The van der Waals surface area contributed by atoms with Crippen molar-refractivity contribution in [2.24, 2.45) is 28.1 Å². The van der Waals surface area contributed by atoms with Crippen molar-refractivity contribution in [2.75, 3.05) is 0 Å². The number of aliphatic hydroxyl groups excluding tert-OH is 4. The fourth-order valence-corrected chi connectivity index (χ4v) is 8.04. The van der Waals surface area contributed by atoms with Gasteiger partial charge in [-0.05, 0) is 116 Å². The second-order valence-corrected chi connectivity index (χ2v) is 16.9. The number of hydrogen-bond acceptors (Lipinski definition) is 12. The van der Waals surface area contributed by atoms with Crippen molar-refractivity contribution < 1.29 is 64.5 Å². The van der Waals surface area contributed by atoms with Crippen LogP contribution in [0.4, 0.5) is 0 Å². The smallest absolute Gasteiger partial charge is 0.342 e. The van der Waals surface area contributed by atoms with Gasteiger partial charge in [-0.25, -0.2) is 9.59 Å². The van der Waals surface area contributed by atoms with Crippen LogP contribution in [-0.4, -0.2) is 89.4 Å². The van der Waals surface area contributed by atoms with Crippen LogP contribution in [0.1, 0.15) is 105 Å². The zero-order chi connectivity index (χ0) is 43.5. The standard InChI is InChI=1S/C44H58O13/c1-22(2)11-13-27(25(7)8)20-43-21-28(15-12-23(3)4)42(9,10)44(41(43)56,18-17-24(5)6)37(52)31(32(47)26-14-16-29(45)30(46)19-26)38(43)57-40(55)36(51)34(49)33(48)35(50)39(53)54/h11-12,14,16-17,19,27-28,33-36,45-46,48-51H,7,13,15,18,20-21H2,1-6,8-10H3,(H,53,54)/t27-,28+,33-,34-,35-,36+,43+,44-/m0/s1. The maximum atomic E-state index is 15.9. The average molecular weight is 795 g/mol. The molecule has 1 fully saturated rings. The molecule has 2 bridgehead atoms. The number of hydrogen-bond donors (Lipinski definition) is 7. The highest BCUT2D eigenvalue weighted by Crippen LogP contribution is 2.67. The molecular formula is C44H58O13. The summed E-state index contributed by atoms with van der Waals surface area (Å²) in [6.07, 6.45) is -4.57. The van der Waals surface area contributed by atoms with Gasteiger partial charge in [0.25, 0.3) is 0 Å². The number of aliphatic hydroxyl groups is 4. The molecular weight excluding hydrogens is 736 g/mol. The number of ketones is 3. The summed E-state index contributed by atoms with van der Waals surface area (Å²) in [5.74, 6) is -9.40. The van der Waals surface area contributed by atoms with Gasteiger partial charge in [0.05, 0.1) is 5.41 Å². The number of allylic oxidation sites excluding steroid dienone is 9. The second kappa shape index (κ2) is 17.8. The number of rotatable bonds is 17. The van der Waals surface area contributed by atoms with Crippen molar-refractivity contribution in [3.05, 3.63) is 82.2 Å². The Morgan fingerprint density at radius 1 is 0.860 bits per heavy atom. The van der Waals surface area contributed by atoms with Crippen LogP contribution in [0, 0.1) is 28.1 Å². The van der Waals surface area contributed by atoms with E-state index in [4.69, 9.17) is 4.74 Å². The Kier molecular flexibility index (Phi) is 14.6. The lowest BCUT2D eigenvalue weighted by Crippen LogP contribution is -2.67. The normalized spacial score (nSPS) is 24.0. The molecule has 1 saturated carbocycles. The van der Waals surface area contributed by atoms with E-state index in [9.17, 15) is 50.1 Å². The van der Waals surface area contributed by atoms with Crippen molar-refractivity contribution in [1.82, 2.24) is 0 Å². The quantitative estimate of drug-likeness (QED) is 0.0261. The molecule has 0 aliphatic heterocycles. The Balaban J connectivity index is 2.61. The Bertz CT molecular complexity index is 1920. The maximum Gasteiger partial charge on any atom is 0.342 e. The van der Waals surface area contributed by atoms with Gasteiger partial charge in [0, 0.05) is 5.56 Å². The summed E-state index contributed by atoms with van der Waals surface area (Å²) in [7, 11) is 0. The predicted molar refractivity (Wildman–Crippen MR) is 211 cm³/mol. The monoisotopic (exact) mass is 794 g/mol. The molecule has 2 aliphatic rings. The minimum atomic E-state index is -2.75. The van der Waals surface area contributed by atoms with E-state index < -0.39 is 105 Å². The lowest BCUT2D eigenvalue weighted by Gasteiger charge is -2.61. The molecule has 0 heterocycles. The van der Waals surface area contributed by atoms with Crippen LogP contribution in [0.25, 0.3) is 0 Å². The number of benzene rings is 1. The summed E-state index contributed by atoms with van der Waals surface area (Å²) in [4.78, 5) is 71.6. The molecule has 0 saturated heterocycles. The number of aromatic hydroxyl groups is 2. The molecule has 0 spiro atoms. The fraction of sp³-hybridized carbons (Fsp3) is 0.523. The van der Waals surface area contributed by atoms with Gasteiger partial charge in [0.15, 0.2) is 41.1 Å². The highest BCUT2D eigenvalue weighted by molar-refractivity contribution is 6.35. The number of aliphatic carboxylic acids is 1. The number of phenolic OH excluding ortho intramolecular Hbond substituents is 2. The predicted octanol–water partition coefficient (Wildman–Crippen LogP) is 5.43. The van der Waals surface area contributed by atoms with Crippen molar-refractivity contribution in [3.63, 3.8) is 0 Å². The molecule has 3 rings (SSSR count). The van der Waals surface area contributed by atoms with E-state index in [1.165, 1.54) is 0 Å². The van der Waals surface area contributed by atoms with E-state index in [0.717, 1.165) is 34.9 Å². The Morgan fingerprint density at radius 3 is 1.93 bits per heavy atom. The Hall–Kier alpha value is -4.69. The van der Waals surface area contributed by atoms with Gasteiger partial charge in [-0.15, -0.1) is 0 Å². The first-order chi connectivity index (χ1) is 26.3. The topological polar surface area (TPSA) is 236 Å². The van der Waals surface area contributed by atoms with E-state index in [1.807, 2.05) is 39.8 Å². The van der Waals surface area contributed by atoms with Gasteiger partial charge in [0.2, 0.25) is 0 Å². The van der Waals surface area contributed by atoms with Crippen molar-refractivity contribution >= 4 is 29.3 Å². The summed E-state index contributed by atoms with van der Waals surface area (Å²) in [6, 6.07) is 3.07. The lowest BCUT2D eigenvalue weighted by atomic mass is 9.39. The largest absolute Gasteiger partial charge is 0.504 e. The van der Waals surface area contributed by atoms with Crippen LogP contribution < -0.4 is 0 Å². The van der Waals surface area contributed by atoms with Crippen molar-refractivity contribution in [2.45, 2.75) is 119 Å². The number of carboxylic acid groups (broad SMARTS) is 1. The molecule has 2 aliphatic carbocycles. The van der Waals surface area contributed by atoms with Crippen LogP contribution in [0.3, 0.4) is 0 Å².